The Labute approximate surface area is 188 Å². The fraction of sp³-hybridized carbons (Fsp3) is 0.0455. The van der Waals surface area contributed by atoms with E-state index in [1.807, 2.05) is 30.3 Å². The number of sulfone groups is 1. The number of anilines is 1. The molecule has 8 heteroatoms. The number of carbonyl (C=O) groups is 1. The predicted molar refractivity (Wildman–Crippen MR) is 123 cm³/mol. The van der Waals surface area contributed by atoms with E-state index in [1.165, 1.54) is 17.8 Å². The fourth-order valence-corrected chi connectivity index (χ4v) is 6.16. The number of nitrogens with one attached hydrogen (secondary N) is 1. The van der Waals surface area contributed by atoms with Crippen LogP contribution in [0.25, 0.3) is 6.08 Å². The van der Waals surface area contributed by atoms with Gasteiger partial charge in [-0.25, -0.2) is 8.42 Å². The summed E-state index contributed by atoms with van der Waals surface area (Å²) in [5.74, 6) is -0.539. The molecule has 0 radical (unpaired) electrons. The van der Waals surface area contributed by atoms with Gasteiger partial charge in [0, 0.05) is 20.5 Å². The molecule has 0 bridgehead atoms. The SMILES string of the molecule is O=C1Nc2ccc(S(=O)(=O)Cc3c(Cl)cccc3Cl)cc2S/C1=C\c1ccccc1. The summed E-state index contributed by atoms with van der Waals surface area (Å²) in [5, 5.41) is 3.42. The third kappa shape index (κ3) is 4.42. The Morgan fingerprint density at radius 3 is 2.33 bits per heavy atom. The van der Waals surface area contributed by atoms with Crippen molar-refractivity contribution in [1.82, 2.24) is 0 Å². The van der Waals surface area contributed by atoms with Crippen LogP contribution < -0.4 is 5.32 Å². The number of rotatable bonds is 4. The number of amides is 1. The monoisotopic (exact) mass is 475 g/mol. The number of benzene rings is 3. The highest BCUT2D eigenvalue weighted by Crippen LogP contribution is 2.40. The third-order valence-corrected chi connectivity index (χ3v) is 7.93. The van der Waals surface area contributed by atoms with Crippen LogP contribution >= 0.6 is 35.0 Å². The van der Waals surface area contributed by atoms with Crippen molar-refractivity contribution in [1.29, 1.82) is 0 Å². The van der Waals surface area contributed by atoms with Gasteiger partial charge >= 0.3 is 0 Å². The van der Waals surface area contributed by atoms with Crippen LogP contribution in [0.1, 0.15) is 11.1 Å². The van der Waals surface area contributed by atoms with Gasteiger partial charge in [0.2, 0.25) is 0 Å². The quantitative estimate of drug-likeness (QED) is 0.466. The standard InChI is InChI=1S/C22H15Cl2NO3S2/c23-17-7-4-8-18(24)16(17)13-30(27,28)15-9-10-19-20(12-15)29-21(22(26)25-19)11-14-5-2-1-3-6-14/h1-12H,13H2,(H,25,26)/b21-11-. The second-order valence-electron chi connectivity index (χ2n) is 6.59. The van der Waals surface area contributed by atoms with Crippen molar-refractivity contribution in [3.63, 3.8) is 0 Å². The summed E-state index contributed by atoms with van der Waals surface area (Å²) in [6.07, 6.45) is 1.77. The summed E-state index contributed by atoms with van der Waals surface area (Å²) in [6.45, 7) is 0. The molecule has 152 valence electrons. The molecule has 1 aliphatic rings. The van der Waals surface area contributed by atoms with E-state index >= 15 is 0 Å². The van der Waals surface area contributed by atoms with Crippen molar-refractivity contribution in [3.05, 3.63) is 92.8 Å². The zero-order chi connectivity index (χ0) is 21.3. The maximum absolute atomic E-state index is 13.0. The Balaban J connectivity index is 1.66. The Kier molecular flexibility index (Phi) is 5.93. The summed E-state index contributed by atoms with van der Waals surface area (Å²) in [6, 6.07) is 19.0. The van der Waals surface area contributed by atoms with E-state index < -0.39 is 9.84 Å². The van der Waals surface area contributed by atoms with E-state index in [-0.39, 0.29) is 16.6 Å². The second kappa shape index (κ2) is 8.47. The van der Waals surface area contributed by atoms with Crippen LogP contribution in [0.5, 0.6) is 0 Å². The molecule has 0 aromatic heterocycles. The molecule has 0 fully saturated rings. The normalized spacial score (nSPS) is 15.0. The van der Waals surface area contributed by atoms with E-state index in [0.29, 0.717) is 31.1 Å². The van der Waals surface area contributed by atoms with Crippen LogP contribution in [0.4, 0.5) is 5.69 Å². The lowest BCUT2D eigenvalue weighted by Gasteiger charge is -2.19. The van der Waals surface area contributed by atoms with Gasteiger partial charge in [-0.15, -0.1) is 0 Å². The van der Waals surface area contributed by atoms with Gasteiger partial charge in [0.15, 0.2) is 9.84 Å². The average Bonchev–Trinajstić information content (AvgIpc) is 2.72. The van der Waals surface area contributed by atoms with Crippen molar-refractivity contribution in [2.45, 2.75) is 15.5 Å². The largest absolute Gasteiger partial charge is 0.320 e. The van der Waals surface area contributed by atoms with Crippen LogP contribution in [0.2, 0.25) is 10.0 Å². The molecule has 0 saturated carbocycles. The van der Waals surface area contributed by atoms with E-state index in [2.05, 4.69) is 5.32 Å². The molecular formula is C22H15Cl2NO3S2. The highest BCUT2D eigenvalue weighted by molar-refractivity contribution is 8.04. The molecule has 30 heavy (non-hydrogen) atoms. The molecule has 3 aromatic carbocycles. The first-order chi connectivity index (χ1) is 14.3. The molecule has 1 amide bonds. The van der Waals surface area contributed by atoms with Gasteiger partial charge < -0.3 is 5.32 Å². The molecular weight excluding hydrogens is 461 g/mol. The lowest BCUT2D eigenvalue weighted by Crippen LogP contribution is -2.17. The third-order valence-electron chi connectivity index (χ3n) is 4.50. The van der Waals surface area contributed by atoms with Gasteiger partial charge in [-0.3, -0.25) is 4.79 Å². The van der Waals surface area contributed by atoms with Crippen LogP contribution in [0.15, 0.2) is 81.4 Å². The zero-order valence-electron chi connectivity index (χ0n) is 15.4. The molecule has 0 atom stereocenters. The maximum atomic E-state index is 13.0. The van der Waals surface area contributed by atoms with Crippen LogP contribution in [-0.2, 0) is 20.4 Å². The summed E-state index contributed by atoms with van der Waals surface area (Å²) in [4.78, 5) is 13.7. The molecule has 4 nitrogen and oxygen atoms in total. The highest BCUT2D eigenvalue weighted by Gasteiger charge is 2.25. The topological polar surface area (TPSA) is 63.2 Å². The van der Waals surface area contributed by atoms with Gasteiger partial charge in [0.1, 0.15) is 0 Å². The summed E-state index contributed by atoms with van der Waals surface area (Å²) < 4.78 is 26.0. The van der Waals surface area contributed by atoms with E-state index in [0.717, 1.165) is 5.56 Å². The highest BCUT2D eigenvalue weighted by atomic mass is 35.5. The Morgan fingerprint density at radius 2 is 1.63 bits per heavy atom. The second-order valence-corrected chi connectivity index (χ2v) is 10.5. The number of carbonyl (C=O) groups excluding carboxylic acids is 1. The van der Waals surface area contributed by atoms with Crippen molar-refractivity contribution < 1.29 is 13.2 Å². The summed E-state index contributed by atoms with van der Waals surface area (Å²) in [5.41, 5.74) is 1.82. The van der Waals surface area contributed by atoms with Gasteiger partial charge in [0.05, 0.1) is 21.2 Å². The molecule has 0 unspecified atom stereocenters. The smallest absolute Gasteiger partial charge is 0.262 e. The van der Waals surface area contributed by atoms with Gasteiger partial charge in [-0.2, -0.15) is 0 Å². The lowest BCUT2D eigenvalue weighted by molar-refractivity contribution is -0.112. The van der Waals surface area contributed by atoms with Crippen LogP contribution in [0, 0.1) is 0 Å². The first-order valence-electron chi connectivity index (χ1n) is 8.89. The number of thioether (sulfide) groups is 1. The zero-order valence-corrected chi connectivity index (χ0v) is 18.6. The minimum Gasteiger partial charge on any atom is -0.320 e. The molecule has 1 heterocycles. The van der Waals surface area contributed by atoms with Crippen molar-refractivity contribution >= 4 is 62.5 Å². The van der Waals surface area contributed by atoms with E-state index in [9.17, 15) is 13.2 Å². The number of halogens is 2. The van der Waals surface area contributed by atoms with Gasteiger partial charge in [-0.05, 0) is 42.0 Å². The molecule has 3 aromatic rings. The van der Waals surface area contributed by atoms with Crippen LogP contribution in [0.3, 0.4) is 0 Å². The minimum absolute atomic E-state index is 0.139. The van der Waals surface area contributed by atoms with Gasteiger partial charge in [0.25, 0.3) is 5.91 Å². The molecule has 0 saturated heterocycles. The Morgan fingerprint density at radius 1 is 0.933 bits per heavy atom. The number of hydrogen-bond donors (Lipinski definition) is 1. The fourth-order valence-electron chi connectivity index (χ4n) is 2.97. The number of hydrogen-bond acceptors (Lipinski definition) is 4. The van der Waals surface area contributed by atoms with Crippen molar-refractivity contribution in [3.8, 4) is 0 Å². The molecule has 1 N–H and O–H groups in total. The van der Waals surface area contributed by atoms with E-state index in [4.69, 9.17) is 23.2 Å². The number of fused-ring (bicyclic) bond motifs is 1. The first kappa shape index (κ1) is 21.0. The Hall–Kier alpha value is -2.25. The van der Waals surface area contributed by atoms with Crippen molar-refractivity contribution in [2.24, 2.45) is 0 Å². The van der Waals surface area contributed by atoms with Gasteiger partial charge in [-0.1, -0.05) is 71.4 Å². The average molecular weight is 476 g/mol. The minimum atomic E-state index is -3.70. The molecule has 0 aliphatic carbocycles. The van der Waals surface area contributed by atoms with Crippen molar-refractivity contribution in [2.75, 3.05) is 5.32 Å². The molecule has 0 spiro atoms. The lowest BCUT2D eigenvalue weighted by atomic mass is 10.2. The first-order valence-corrected chi connectivity index (χ1v) is 12.1. The summed E-state index contributed by atoms with van der Waals surface area (Å²) in [7, 11) is -3.70. The molecule has 4 rings (SSSR count). The summed E-state index contributed by atoms with van der Waals surface area (Å²) >= 11 is 13.5. The predicted octanol–water partition coefficient (Wildman–Crippen LogP) is 6.05. The van der Waals surface area contributed by atoms with E-state index in [1.54, 1.807) is 36.4 Å². The molecule has 1 aliphatic heterocycles. The van der Waals surface area contributed by atoms with Crippen LogP contribution in [-0.4, -0.2) is 14.3 Å². The Bertz CT molecular complexity index is 1250. The maximum Gasteiger partial charge on any atom is 0.262 e.